The van der Waals surface area contributed by atoms with Gasteiger partial charge in [0.2, 0.25) is 0 Å². The van der Waals surface area contributed by atoms with Gasteiger partial charge in [-0.1, -0.05) is 19.1 Å². The topological polar surface area (TPSA) is 81.7 Å². The van der Waals surface area contributed by atoms with Crippen molar-refractivity contribution >= 4 is 17.7 Å². The van der Waals surface area contributed by atoms with Crippen LogP contribution in [0.4, 0.5) is 4.39 Å². The summed E-state index contributed by atoms with van der Waals surface area (Å²) < 4.78 is 24.4. The van der Waals surface area contributed by atoms with E-state index in [9.17, 15) is 18.8 Å². The molecule has 0 spiro atoms. The zero-order chi connectivity index (χ0) is 22.0. The van der Waals surface area contributed by atoms with Crippen LogP contribution in [0.25, 0.3) is 0 Å². The number of benzene rings is 1. The number of rotatable bonds is 5. The van der Waals surface area contributed by atoms with Gasteiger partial charge in [0, 0.05) is 22.9 Å². The number of hydrogen-bond donors (Lipinski definition) is 1. The molecule has 1 aliphatic carbocycles. The monoisotopic (exact) mass is 415 g/mol. The fourth-order valence-electron chi connectivity index (χ4n) is 4.28. The number of hydrogen-bond acceptors (Lipinski definition) is 6. The molecule has 160 valence electrons. The third kappa shape index (κ3) is 3.88. The van der Waals surface area contributed by atoms with Crippen molar-refractivity contribution in [3.63, 3.8) is 0 Å². The lowest BCUT2D eigenvalue weighted by atomic mass is 9.69. The van der Waals surface area contributed by atoms with Gasteiger partial charge in [-0.05, 0) is 50.8 Å². The minimum atomic E-state index is -0.969. The molecule has 0 fully saturated rings. The largest absolute Gasteiger partial charge is 0.465 e. The Labute approximate surface area is 175 Å². The van der Waals surface area contributed by atoms with Crippen molar-refractivity contribution in [2.45, 2.75) is 40.0 Å². The van der Waals surface area contributed by atoms with Gasteiger partial charge in [0.1, 0.15) is 11.7 Å². The van der Waals surface area contributed by atoms with E-state index < -0.39 is 35.4 Å². The van der Waals surface area contributed by atoms with Gasteiger partial charge in [-0.3, -0.25) is 9.59 Å². The first-order valence-corrected chi connectivity index (χ1v) is 10.1. The van der Waals surface area contributed by atoms with Gasteiger partial charge in [0.15, 0.2) is 5.78 Å². The van der Waals surface area contributed by atoms with Crippen molar-refractivity contribution in [1.29, 1.82) is 0 Å². The Hall–Kier alpha value is -2.96. The van der Waals surface area contributed by atoms with Gasteiger partial charge >= 0.3 is 11.9 Å². The van der Waals surface area contributed by atoms with E-state index in [4.69, 9.17) is 9.47 Å². The predicted molar refractivity (Wildman–Crippen MR) is 108 cm³/mol. The van der Waals surface area contributed by atoms with Crippen LogP contribution in [0, 0.1) is 17.7 Å². The van der Waals surface area contributed by atoms with Crippen LogP contribution in [-0.2, 0) is 23.9 Å². The van der Waals surface area contributed by atoms with E-state index in [0.29, 0.717) is 29.0 Å². The second-order valence-electron chi connectivity index (χ2n) is 7.54. The third-order valence-electron chi connectivity index (χ3n) is 5.51. The number of dihydropyridines is 1. The molecule has 1 aromatic rings. The standard InChI is InChI=1S/C23H26FNO5/c1-5-29-22(27)17-12(3)10-16-20(21(17)26)19(14-8-7-9-15(24)11-14)18(13(4)25-16)23(28)30-6-2/h7-9,11-12,17,19,25H,5-6,10H2,1-4H3/t12-,17-,19+/m1/s1. The molecule has 1 heterocycles. The number of ketones is 1. The molecular formula is C23H26FNO5. The lowest BCUT2D eigenvalue weighted by Crippen LogP contribution is -2.43. The van der Waals surface area contributed by atoms with Crippen molar-refractivity contribution in [3.8, 4) is 0 Å². The summed E-state index contributed by atoms with van der Waals surface area (Å²) in [6, 6.07) is 5.80. The number of halogens is 1. The molecule has 0 aromatic heterocycles. The van der Waals surface area contributed by atoms with Gasteiger partial charge in [-0.25, -0.2) is 9.18 Å². The highest BCUT2D eigenvalue weighted by Crippen LogP contribution is 2.45. The number of carbonyl (C=O) groups excluding carboxylic acids is 3. The SMILES string of the molecule is CCOC(=O)C1=C(C)NC2=C(C(=O)[C@H](C(=O)OCC)[C@H](C)C2)[C@H]1c1cccc(F)c1. The smallest absolute Gasteiger partial charge is 0.336 e. The molecule has 30 heavy (non-hydrogen) atoms. The first kappa shape index (κ1) is 21.7. The van der Waals surface area contributed by atoms with Crippen LogP contribution >= 0.6 is 0 Å². The molecule has 7 heteroatoms. The molecule has 1 N–H and O–H groups in total. The first-order chi connectivity index (χ1) is 14.3. The zero-order valence-corrected chi connectivity index (χ0v) is 17.6. The summed E-state index contributed by atoms with van der Waals surface area (Å²) in [7, 11) is 0. The lowest BCUT2D eigenvalue weighted by molar-refractivity contribution is -0.153. The molecule has 0 radical (unpaired) electrons. The Morgan fingerprint density at radius 3 is 2.53 bits per heavy atom. The molecular weight excluding hydrogens is 389 g/mol. The maximum atomic E-state index is 14.1. The maximum Gasteiger partial charge on any atom is 0.336 e. The highest BCUT2D eigenvalue weighted by molar-refractivity contribution is 6.12. The van der Waals surface area contributed by atoms with Crippen LogP contribution in [0.2, 0.25) is 0 Å². The van der Waals surface area contributed by atoms with E-state index in [1.165, 1.54) is 18.2 Å². The number of Topliss-reactive ketones (excluding diaryl/α,β-unsaturated/α-hetero) is 1. The van der Waals surface area contributed by atoms with Gasteiger partial charge in [0.25, 0.3) is 0 Å². The molecule has 3 atom stereocenters. The zero-order valence-electron chi connectivity index (χ0n) is 17.6. The van der Waals surface area contributed by atoms with E-state index in [0.717, 1.165) is 0 Å². The minimum Gasteiger partial charge on any atom is -0.465 e. The second kappa shape index (κ2) is 8.81. The minimum absolute atomic E-state index is 0.161. The number of ether oxygens (including phenoxy) is 2. The van der Waals surface area contributed by atoms with Crippen LogP contribution in [0.15, 0.2) is 46.8 Å². The molecule has 0 bridgehead atoms. The Morgan fingerprint density at radius 2 is 1.90 bits per heavy atom. The molecule has 6 nitrogen and oxygen atoms in total. The number of allylic oxidation sites excluding steroid dienone is 3. The fourth-order valence-corrected chi connectivity index (χ4v) is 4.28. The summed E-state index contributed by atoms with van der Waals surface area (Å²) in [5, 5.41) is 3.17. The van der Waals surface area contributed by atoms with Crippen molar-refractivity contribution < 1.29 is 28.2 Å². The summed E-state index contributed by atoms with van der Waals surface area (Å²) in [6.45, 7) is 7.25. The van der Waals surface area contributed by atoms with E-state index >= 15 is 0 Å². The highest BCUT2D eigenvalue weighted by Gasteiger charge is 2.47. The molecule has 0 amide bonds. The fraction of sp³-hybridized carbons (Fsp3) is 0.435. The molecule has 0 saturated heterocycles. The number of esters is 2. The van der Waals surface area contributed by atoms with Crippen LogP contribution < -0.4 is 5.32 Å². The number of nitrogens with one attached hydrogen (secondary N) is 1. The Balaban J connectivity index is 2.17. The first-order valence-electron chi connectivity index (χ1n) is 10.1. The highest BCUT2D eigenvalue weighted by atomic mass is 19.1. The quantitative estimate of drug-likeness (QED) is 0.586. The van der Waals surface area contributed by atoms with E-state index in [2.05, 4.69) is 5.32 Å². The van der Waals surface area contributed by atoms with Gasteiger partial charge < -0.3 is 14.8 Å². The molecule has 0 saturated carbocycles. The van der Waals surface area contributed by atoms with Crippen molar-refractivity contribution in [3.05, 3.63) is 58.2 Å². The summed E-state index contributed by atoms with van der Waals surface area (Å²) in [4.78, 5) is 38.8. The molecule has 2 aliphatic rings. The summed E-state index contributed by atoms with van der Waals surface area (Å²) in [5.74, 6) is -4.11. The van der Waals surface area contributed by atoms with E-state index in [1.807, 2.05) is 6.92 Å². The molecule has 0 unspecified atom stereocenters. The second-order valence-corrected chi connectivity index (χ2v) is 7.54. The Morgan fingerprint density at radius 1 is 1.20 bits per heavy atom. The lowest BCUT2D eigenvalue weighted by Gasteiger charge is -2.38. The van der Waals surface area contributed by atoms with Gasteiger partial charge in [-0.15, -0.1) is 0 Å². The molecule has 1 aromatic carbocycles. The van der Waals surface area contributed by atoms with Crippen molar-refractivity contribution in [2.24, 2.45) is 11.8 Å². The summed E-state index contributed by atoms with van der Waals surface area (Å²) >= 11 is 0. The average Bonchev–Trinajstić information content (AvgIpc) is 2.67. The summed E-state index contributed by atoms with van der Waals surface area (Å²) in [6.07, 6.45) is 0.434. The molecule has 1 aliphatic heterocycles. The molecule has 3 rings (SSSR count). The van der Waals surface area contributed by atoms with Gasteiger partial charge in [0.05, 0.1) is 18.8 Å². The predicted octanol–water partition coefficient (Wildman–Crippen LogP) is 3.39. The van der Waals surface area contributed by atoms with E-state index in [-0.39, 0.29) is 24.7 Å². The van der Waals surface area contributed by atoms with Crippen LogP contribution in [-0.4, -0.2) is 30.9 Å². The maximum absolute atomic E-state index is 14.1. The van der Waals surface area contributed by atoms with Crippen molar-refractivity contribution in [2.75, 3.05) is 13.2 Å². The Kier molecular flexibility index (Phi) is 6.39. The van der Waals surface area contributed by atoms with E-state index in [1.54, 1.807) is 26.8 Å². The van der Waals surface area contributed by atoms with Crippen LogP contribution in [0.3, 0.4) is 0 Å². The van der Waals surface area contributed by atoms with Crippen LogP contribution in [0.1, 0.15) is 45.6 Å². The Bertz CT molecular complexity index is 949. The summed E-state index contributed by atoms with van der Waals surface area (Å²) in [5.41, 5.74) is 2.19. The van der Waals surface area contributed by atoms with Crippen LogP contribution in [0.5, 0.6) is 0 Å². The third-order valence-corrected chi connectivity index (χ3v) is 5.51. The number of carbonyl (C=O) groups is 3. The van der Waals surface area contributed by atoms with Gasteiger partial charge in [-0.2, -0.15) is 0 Å². The van der Waals surface area contributed by atoms with Crippen molar-refractivity contribution in [1.82, 2.24) is 5.32 Å². The average molecular weight is 415 g/mol. The normalized spacial score (nSPS) is 23.6.